The fourth-order valence-electron chi connectivity index (χ4n) is 3.65. The third-order valence-corrected chi connectivity index (χ3v) is 10.5. The largest absolute Gasteiger partial charge is 0.462 e. The van der Waals surface area contributed by atoms with Gasteiger partial charge in [-0.15, -0.1) is 0 Å². The molecule has 6 N–H and O–H groups in total. The smallest absolute Gasteiger partial charge is 0.323 e. The number of nitrogens with zero attached hydrogens (tertiary/aromatic N) is 4. The number of nitrogens with one attached hydrogen (secondary N) is 1. The zero-order valence-electron chi connectivity index (χ0n) is 23.9. The summed E-state index contributed by atoms with van der Waals surface area (Å²) in [6, 6.07) is -0.891. The van der Waals surface area contributed by atoms with Gasteiger partial charge < -0.3 is 35.1 Å². The molecule has 0 saturated carbocycles. The van der Waals surface area contributed by atoms with Crippen molar-refractivity contribution in [3.8, 4) is 0 Å². The second-order valence-corrected chi connectivity index (χ2v) is 16.5. The van der Waals surface area contributed by atoms with Gasteiger partial charge in [0.15, 0.2) is 27.1 Å². The molecule has 42 heavy (non-hydrogen) atoms. The number of anilines is 2. The van der Waals surface area contributed by atoms with Crippen LogP contribution in [0.2, 0.25) is 0 Å². The molecule has 3 heterocycles. The summed E-state index contributed by atoms with van der Waals surface area (Å²) in [5, 5.41) is 13.9. The molecular formula is C23H36Cl2N7O7PS2. The van der Waals surface area contributed by atoms with E-state index in [0.717, 1.165) is 11.8 Å². The van der Waals surface area contributed by atoms with E-state index in [4.69, 9.17) is 65.0 Å². The van der Waals surface area contributed by atoms with E-state index in [2.05, 4.69) is 20.0 Å². The normalized spacial score (nSPS) is 22.8. The summed E-state index contributed by atoms with van der Waals surface area (Å²) in [5.41, 5.74) is 11.5. The van der Waals surface area contributed by atoms with Gasteiger partial charge in [0, 0.05) is 11.2 Å². The first-order chi connectivity index (χ1) is 19.4. The minimum Gasteiger partial charge on any atom is -0.462 e. The first kappa shape index (κ1) is 35.2. The number of nitrogen functional groups attached to an aromatic ring is 2. The van der Waals surface area contributed by atoms with Crippen LogP contribution in [0, 0.1) is 5.41 Å². The van der Waals surface area contributed by atoms with E-state index in [0.29, 0.717) is 5.75 Å². The van der Waals surface area contributed by atoms with Crippen molar-refractivity contribution in [2.24, 2.45) is 5.41 Å². The van der Waals surface area contributed by atoms with Gasteiger partial charge in [-0.05, 0) is 32.6 Å². The lowest BCUT2D eigenvalue weighted by atomic mass is 10.00. The molecule has 0 bridgehead atoms. The van der Waals surface area contributed by atoms with E-state index >= 15 is 0 Å². The topological polar surface area (TPSA) is 199 Å². The highest BCUT2D eigenvalue weighted by Crippen LogP contribution is 2.50. The summed E-state index contributed by atoms with van der Waals surface area (Å²) in [6.45, 7) is 6.74. The standard InChI is InChI=1S/C23H36Cl2N7O7PS2/c1-11(2)38-18(34)12(3)31-40(41,36-7-8-42-20(35)22(4,5)6)37-9-13-15(33)23(24,25)19(39-13)32-10-28-14-16(26)29-21(27)30-17(14)32/h10-13,15,19,33H,7-9H2,1-6H3,(H,31,41)(H4,26,27,29,30)/t12?,13-,15-,19-,40?/m1/s1. The number of carbonyl (C=O) groups excluding carboxylic acids is 2. The highest BCUT2D eigenvalue weighted by atomic mass is 35.5. The number of aliphatic hydroxyl groups excluding tert-OH is 1. The molecule has 2 unspecified atom stereocenters. The Kier molecular flexibility index (Phi) is 11.5. The van der Waals surface area contributed by atoms with Gasteiger partial charge >= 0.3 is 5.97 Å². The maximum Gasteiger partial charge on any atom is 0.323 e. The van der Waals surface area contributed by atoms with E-state index in [1.54, 1.807) is 20.8 Å². The minimum absolute atomic E-state index is 0.0166. The number of halogens is 2. The van der Waals surface area contributed by atoms with E-state index in [1.807, 2.05) is 20.8 Å². The van der Waals surface area contributed by atoms with Crippen LogP contribution in [-0.2, 0) is 39.9 Å². The predicted octanol–water partition coefficient (Wildman–Crippen LogP) is 2.92. The highest BCUT2D eigenvalue weighted by molar-refractivity contribution is 8.13. The molecule has 0 aliphatic carbocycles. The van der Waals surface area contributed by atoms with Gasteiger partial charge in [-0.3, -0.25) is 14.2 Å². The number of fused-ring (bicyclic) bond motifs is 1. The number of hydrogen-bond donors (Lipinski definition) is 4. The molecule has 2 aromatic heterocycles. The Hall–Kier alpha value is -1.33. The molecular weight excluding hydrogens is 652 g/mol. The summed E-state index contributed by atoms with van der Waals surface area (Å²) in [7, 11) is 0. The Balaban J connectivity index is 1.76. The number of esters is 1. The lowest BCUT2D eigenvalue weighted by Crippen LogP contribution is -2.39. The van der Waals surface area contributed by atoms with Gasteiger partial charge in [-0.2, -0.15) is 9.97 Å². The van der Waals surface area contributed by atoms with Crippen molar-refractivity contribution in [2.45, 2.75) is 76.5 Å². The summed E-state index contributed by atoms with van der Waals surface area (Å²) in [6.07, 6.45) is -2.76. The quantitative estimate of drug-likeness (QED) is 0.110. The third kappa shape index (κ3) is 8.43. The average Bonchev–Trinajstić information content (AvgIpc) is 3.37. The number of nitrogens with two attached hydrogens (primary N) is 2. The second-order valence-electron chi connectivity index (χ2n) is 10.8. The Morgan fingerprint density at radius 2 is 1.95 bits per heavy atom. The number of imidazole rings is 1. The lowest BCUT2D eigenvalue weighted by Gasteiger charge is -2.28. The third-order valence-electron chi connectivity index (χ3n) is 5.75. The van der Waals surface area contributed by atoms with Crippen LogP contribution < -0.4 is 16.6 Å². The number of carbonyl (C=O) groups is 2. The molecule has 1 aliphatic heterocycles. The van der Waals surface area contributed by atoms with Crippen molar-refractivity contribution in [3.63, 3.8) is 0 Å². The summed E-state index contributed by atoms with van der Waals surface area (Å²) >= 11 is 19.9. The molecule has 3 rings (SSSR count). The molecule has 14 nitrogen and oxygen atoms in total. The van der Waals surface area contributed by atoms with Gasteiger partial charge in [-0.25, -0.2) is 10.1 Å². The van der Waals surface area contributed by atoms with Crippen molar-refractivity contribution in [3.05, 3.63) is 6.33 Å². The van der Waals surface area contributed by atoms with Crippen LogP contribution in [0.25, 0.3) is 11.2 Å². The SMILES string of the molecule is CC(C)OC(=O)C(C)NP(=S)(OCCSC(=O)C(C)(C)C)OC[C@H]1O[C@@H](n2cnc3c(N)nc(N)nc32)C(Cl)(Cl)[C@@H]1O. The molecule has 1 saturated heterocycles. The van der Waals surface area contributed by atoms with Crippen molar-refractivity contribution in [1.82, 2.24) is 24.6 Å². The second kappa shape index (κ2) is 13.8. The number of alkyl halides is 2. The first-order valence-electron chi connectivity index (χ1n) is 12.9. The van der Waals surface area contributed by atoms with E-state index < -0.39 is 46.8 Å². The molecule has 1 fully saturated rings. The fraction of sp³-hybridized carbons (Fsp3) is 0.696. The number of hydrogen-bond acceptors (Lipinski definition) is 14. The van der Waals surface area contributed by atoms with Gasteiger partial charge in [-0.1, -0.05) is 55.7 Å². The average molecular weight is 689 g/mol. The predicted molar refractivity (Wildman–Crippen MR) is 165 cm³/mol. The van der Waals surface area contributed by atoms with Crippen LogP contribution in [0.4, 0.5) is 11.8 Å². The van der Waals surface area contributed by atoms with Crippen molar-refractivity contribution >= 4 is 87.4 Å². The van der Waals surface area contributed by atoms with E-state index in [1.165, 1.54) is 10.9 Å². The number of ether oxygens (including phenoxy) is 2. The van der Waals surface area contributed by atoms with Crippen LogP contribution in [0.5, 0.6) is 0 Å². The van der Waals surface area contributed by atoms with Gasteiger partial charge in [0.25, 0.3) is 6.64 Å². The van der Waals surface area contributed by atoms with Crippen LogP contribution in [-0.4, -0.2) is 83.4 Å². The first-order valence-corrected chi connectivity index (χ1v) is 17.2. The lowest BCUT2D eigenvalue weighted by molar-refractivity contribution is -0.149. The van der Waals surface area contributed by atoms with Crippen molar-refractivity contribution in [1.29, 1.82) is 0 Å². The fourth-order valence-corrected chi connectivity index (χ4v) is 7.51. The molecule has 5 atom stereocenters. The molecule has 0 amide bonds. The molecule has 0 spiro atoms. The van der Waals surface area contributed by atoms with Gasteiger partial charge in [0.2, 0.25) is 5.95 Å². The molecule has 2 aromatic rings. The molecule has 0 aromatic carbocycles. The number of rotatable bonds is 12. The van der Waals surface area contributed by atoms with Crippen molar-refractivity contribution in [2.75, 3.05) is 30.4 Å². The summed E-state index contributed by atoms with van der Waals surface area (Å²) < 4.78 is 22.6. The van der Waals surface area contributed by atoms with E-state index in [-0.39, 0.29) is 47.4 Å². The number of thioether (sulfide) groups is 1. The Morgan fingerprint density at radius 1 is 1.29 bits per heavy atom. The van der Waals surface area contributed by atoms with Crippen LogP contribution in [0.15, 0.2) is 6.33 Å². The Bertz CT molecular complexity index is 1340. The van der Waals surface area contributed by atoms with E-state index in [9.17, 15) is 14.7 Å². The highest BCUT2D eigenvalue weighted by Gasteiger charge is 2.56. The maximum absolute atomic E-state index is 12.5. The Labute approximate surface area is 263 Å². The van der Waals surface area contributed by atoms with Crippen LogP contribution >= 0.6 is 41.6 Å². The zero-order chi connectivity index (χ0) is 31.6. The maximum atomic E-state index is 12.5. The van der Waals surface area contributed by atoms with Gasteiger partial charge in [0.05, 0.1) is 25.6 Å². The van der Waals surface area contributed by atoms with Crippen LogP contribution in [0.1, 0.15) is 47.8 Å². The summed E-state index contributed by atoms with van der Waals surface area (Å²) in [4.78, 5) is 37.0. The molecule has 19 heteroatoms. The Morgan fingerprint density at radius 3 is 2.57 bits per heavy atom. The molecule has 1 aliphatic rings. The number of aliphatic hydroxyl groups is 1. The summed E-state index contributed by atoms with van der Waals surface area (Å²) in [5.74, 6) is -0.329. The number of aromatic nitrogens is 4. The van der Waals surface area contributed by atoms with Crippen LogP contribution in [0.3, 0.4) is 0 Å². The van der Waals surface area contributed by atoms with Gasteiger partial charge in [0.1, 0.15) is 23.8 Å². The van der Waals surface area contributed by atoms with Crippen molar-refractivity contribution < 1.29 is 33.2 Å². The zero-order valence-corrected chi connectivity index (χ0v) is 28.0. The monoisotopic (exact) mass is 687 g/mol. The molecule has 236 valence electrons. The molecule has 0 radical (unpaired) electrons. The minimum atomic E-state index is -3.42.